The van der Waals surface area contributed by atoms with Gasteiger partial charge in [0.25, 0.3) is 0 Å². The first-order valence-electron chi connectivity index (χ1n) is 8.37. The fourth-order valence-corrected chi connectivity index (χ4v) is 2.50. The van der Waals surface area contributed by atoms with E-state index in [0.29, 0.717) is 30.2 Å². The Hall–Kier alpha value is -3.29. The Kier molecular flexibility index (Phi) is 5.98. The molecule has 3 aromatic rings. The van der Waals surface area contributed by atoms with E-state index in [1.54, 1.807) is 7.11 Å². The highest BCUT2D eigenvalue weighted by Gasteiger charge is 2.31. The molecule has 0 fully saturated rings. The summed E-state index contributed by atoms with van der Waals surface area (Å²) in [5, 5.41) is 0. The van der Waals surface area contributed by atoms with Gasteiger partial charge in [0.15, 0.2) is 0 Å². The van der Waals surface area contributed by atoms with Gasteiger partial charge in [0.05, 0.1) is 13.7 Å². The van der Waals surface area contributed by atoms with E-state index in [-0.39, 0.29) is 5.75 Å². The summed E-state index contributed by atoms with van der Waals surface area (Å²) in [6.45, 7) is 0.368. The smallest absolute Gasteiger partial charge is 0.497 e. The van der Waals surface area contributed by atoms with Crippen molar-refractivity contribution in [1.29, 1.82) is 0 Å². The molecule has 0 saturated carbocycles. The van der Waals surface area contributed by atoms with Crippen LogP contribution in [0, 0.1) is 0 Å². The molecule has 0 amide bonds. The first kappa shape index (κ1) is 19.5. The molecule has 0 radical (unpaired) electrons. The lowest BCUT2D eigenvalue weighted by atomic mass is 10.1. The second kappa shape index (κ2) is 8.60. The van der Waals surface area contributed by atoms with Crippen molar-refractivity contribution in [2.75, 3.05) is 13.7 Å². The highest BCUT2D eigenvalue weighted by molar-refractivity contribution is 5.64. The van der Waals surface area contributed by atoms with Gasteiger partial charge >= 0.3 is 6.36 Å². The second-order valence-corrected chi connectivity index (χ2v) is 5.73. The molecule has 0 aliphatic heterocycles. The predicted octanol–water partition coefficient (Wildman–Crippen LogP) is 4.67. The maximum absolute atomic E-state index is 12.3. The number of benzene rings is 2. The molecule has 0 aliphatic carbocycles. The van der Waals surface area contributed by atoms with Gasteiger partial charge in [-0.2, -0.15) is 0 Å². The maximum atomic E-state index is 12.3. The Morgan fingerprint density at radius 3 is 2.14 bits per heavy atom. The van der Waals surface area contributed by atoms with Crippen molar-refractivity contribution in [1.82, 2.24) is 9.97 Å². The summed E-state index contributed by atoms with van der Waals surface area (Å²) < 4.78 is 51.6. The van der Waals surface area contributed by atoms with E-state index in [2.05, 4.69) is 14.7 Å². The first-order chi connectivity index (χ1) is 13.4. The van der Waals surface area contributed by atoms with Crippen LogP contribution < -0.4 is 14.2 Å². The van der Waals surface area contributed by atoms with E-state index in [4.69, 9.17) is 9.47 Å². The highest BCUT2D eigenvalue weighted by Crippen LogP contribution is 2.29. The van der Waals surface area contributed by atoms with Crippen LogP contribution in [0.5, 0.6) is 17.4 Å². The third-order valence-electron chi connectivity index (χ3n) is 3.81. The summed E-state index contributed by atoms with van der Waals surface area (Å²) in [6.07, 6.45) is -1.10. The number of ether oxygens (including phenoxy) is 3. The van der Waals surface area contributed by atoms with E-state index in [0.717, 1.165) is 11.3 Å². The fraction of sp³-hybridized carbons (Fsp3) is 0.200. The van der Waals surface area contributed by atoms with Crippen molar-refractivity contribution >= 4 is 0 Å². The van der Waals surface area contributed by atoms with Crippen molar-refractivity contribution in [3.63, 3.8) is 0 Å². The second-order valence-electron chi connectivity index (χ2n) is 5.73. The minimum Gasteiger partial charge on any atom is -0.497 e. The molecule has 8 heteroatoms. The standard InChI is InChI=1S/C20H17F3N2O3/c1-26-16-6-2-14(3-7-16)10-13-27-19-18(24-11-12-25-19)15-4-8-17(9-5-15)28-20(21,22)23/h2-9,11-12H,10,13H2,1H3. The van der Waals surface area contributed by atoms with Crippen LogP contribution >= 0.6 is 0 Å². The summed E-state index contributed by atoms with van der Waals surface area (Å²) in [6, 6.07) is 13.0. The van der Waals surface area contributed by atoms with Gasteiger partial charge in [0.2, 0.25) is 5.88 Å². The van der Waals surface area contributed by atoms with Crippen molar-refractivity contribution in [2.45, 2.75) is 12.8 Å². The first-order valence-corrected chi connectivity index (χ1v) is 8.37. The summed E-state index contributed by atoms with van der Waals surface area (Å²) in [4.78, 5) is 8.41. The number of rotatable bonds is 7. The molecule has 28 heavy (non-hydrogen) atoms. The van der Waals surface area contributed by atoms with Gasteiger partial charge in [-0.1, -0.05) is 12.1 Å². The topological polar surface area (TPSA) is 53.5 Å². The normalized spacial score (nSPS) is 11.1. The molecule has 0 N–H and O–H groups in total. The number of halogens is 3. The molecule has 0 saturated heterocycles. The lowest BCUT2D eigenvalue weighted by molar-refractivity contribution is -0.274. The molecule has 146 valence electrons. The van der Waals surface area contributed by atoms with Crippen molar-refractivity contribution < 1.29 is 27.4 Å². The Morgan fingerprint density at radius 1 is 0.857 bits per heavy atom. The average molecular weight is 390 g/mol. The molecule has 1 heterocycles. The van der Waals surface area contributed by atoms with Crippen LogP contribution in [0.4, 0.5) is 13.2 Å². The van der Waals surface area contributed by atoms with Crippen LogP contribution in [-0.2, 0) is 6.42 Å². The van der Waals surface area contributed by atoms with E-state index in [1.807, 2.05) is 24.3 Å². The Morgan fingerprint density at radius 2 is 1.50 bits per heavy atom. The number of hydrogen-bond acceptors (Lipinski definition) is 5. The van der Waals surface area contributed by atoms with Crippen molar-refractivity contribution in [3.8, 4) is 28.6 Å². The van der Waals surface area contributed by atoms with Crippen LogP contribution in [-0.4, -0.2) is 30.0 Å². The highest BCUT2D eigenvalue weighted by atomic mass is 19.4. The van der Waals surface area contributed by atoms with Crippen molar-refractivity contribution in [3.05, 3.63) is 66.5 Å². The lowest BCUT2D eigenvalue weighted by Crippen LogP contribution is -2.16. The molecule has 0 bridgehead atoms. The maximum Gasteiger partial charge on any atom is 0.573 e. The molecule has 5 nitrogen and oxygen atoms in total. The number of nitrogens with zero attached hydrogens (tertiary/aromatic N) is 2. The summed E-state index contributed by atoms with van der Waals surface area (Å²) in [5.41, 5.74) is 2.08. The van der Waals surface area contributed by atoms with Gasteiger partial charge in [0.1, 0.15) is 17.2 Å². The predicted molar refractivity (Wildman–Crippen MR) is 96.3 cm³/mol. The largest absolute Gasteiger partial charge is 0.573 e. The van der Waals surface area contributed by atoms with Crippen LogP contribution in [0.25, 0.3) is 11.3 Å². The van der Waals surface area contributed by atoms with E-state index in [9.17, 15) is 13.2 Å². The molecule has 3 rings (SSSR count). The van der Waals surface area contributed by atoms with Crippen LogP contribution in [0.2, 0.25) is 0 Å². The monoisotopic (exact) mass is 390 g/mol. The average Bonchev–Trinajstić information content (AvgIpc) is 2.68. The van der Waals surface area contributed by atoms with Crippen molar-refractivity contribution in [2.24, 2.45) is 0 Å². The number of hydrogen-bond donors (Lipinski definition) is 0. The quantitative estimate of drug-likeness (QED) is 0.587. The van der Waals surface area contributed by atoms with Gasteiger partial charge in [-0.15, -0.1) is 13.2 Å². The van der Waals surface area contributed by atoms with E-state index >= 15 is 0 Å². The van der Waals surface area contributed by atoms with E-state index in [1.165, 1.54) is 36.7 Å². The minimum absolute atomic E-state index is 0.304. The molecule has 0 spiro atoms. The fourth-order valence-electron chi connectivity index (χ4n) is 2.50. The molecule has 0 unspecified atom stereocenters. The van der Waals surface area contributed by atoms with Crippen LogP contribution in [0.15, 0.2) is 60.9 Å². The molecule has 2 aromatic carbocycles. The third kappa shape index (κ3) is 5.35. The molecular formula is C20H17F3N2O3. The summed E-state index contributed by atoms with van der Waals surface area (Å²) in [7, 11) is 1.61. The minimum atomic E-state index is -4.73. The summed E-state index contributed by atoms with van der Waals surface area (Å²) >= 11 is 0. The number of methoxy groups -OCH3 is 1. The van der Waals surface area contributed by atoms with Crippen LogP contribution in [0.1, 0.15) is 5.56 Å². The van der Waals surface area contributed by atoms with Crippen LogP contribution in [0.3, 0.4) is 0 Å². The summed E-state index contributed by atoms with van der Waals surface area (Å²) in [5.74, 6) is 0.779. The zero-order valence-electron chi connectivity index (χ0n) is 14.9. The van der Waals surface area contributed by atoms with E-state index < -0.39 is 6.36 Å². The molecular weight excluding hydrogens is 373 g/mol. The van der Waals surface area contributed by atoms with Gasteiger partial charge in [-0.3, -0.25) is 0 Å². The Bertz CT molecular complexity index is 898. The molecule has 0 atom stereocenters. The number of alkyl halides is 3. The molecule has 0 aliphatic rings. The SMILES string of the molecule is COc1ccc(CCOc2nccnc2-c2ccc(OC(F)(F)F)cc2)cc1. The van der Waals surface area contributed by atoms with Gasteiger partial charge < -0.3 is 14.2 Å². The molecule has 1 aromatic heterocycles. The zero-order valence-corrected chi connectivity index (χ0v) is 14.9. The van der Waals surface area contributed by atoms with Gasteiger partial charge in [-0.25, -0.2) is 9.97 Å². The van der Waals surface area contributed by atoms with Gasteiger partial charge in [0, 0.05) is 24.4 Å². The Balaban J connectivity index is 1.67. The lowest BCUT2D eigenvalue weighted by Gasteiger charge is -2.11. The number of aromatic nitrogens is 2. The zero-order chi connectivity index (χ0) is 20.0. The van der Waals surface area contributed by atoms with Gasteiger partial charge in [-0.05, 0) is 42.0 Å². The Labute approximate surface area is 159 Å². The third-order valence-corrected chi connectivity index (χ3v) is 3.81.